The Hall–Kier alpha value is -1.30. The molecule has 0 radical (unpaired) electrons. The first-order chi connectivity index (χ1) is 10.1. The van der Waals surface area contributed by atoms with E-state index in [0.717, 1.165) is 10.2 Å². The van der Waals surface area contributed by atoms with Gasteiger partial charge in [-0.2, -0.15) is 0 Å². The molecule has 1 aromatic carbocycles. The molecule has 108 valence electrons. The lowest BCUT2D eigenvalue weighted by Gasteiger charge is -2.12. The molecule has 2 aromatic heterocycles. The molecule has 0 amide bonds. The molecule has 3 rings (SSSR count). The number of ether oxygens (including phenoxy) is 1. The van der Waals surface area contributed by atoms with Gasteiger partial charge in [-0.3, -0.25) is 4.57 Å². The summed E-state index contributed by atoms with van der Waals surface area (Å²) in [5.41, 5.74) is 2.20. The maximum atomic E-state index is 6.03. The number of benzene rings is 1. The van der Waals surface area contributed by atoms with Crippen LogP contribution in [0.4, 0.5) is 0 Å². The molecule has 3 aromatic rings. The third-order valence-electron chi connectivity index (χ3n) is 3.03. The van der Waals surface area contributed by atoms with Crippen LogP contribution < -0.4 is 4.74 Å². The SMILES string of the molecule is COc1ccc(Br)cc1-n1c(CCl)nc2cc(Cl)cnc21. The predicted molar refractivity (Wildman–Crippen MR) is 87.7 cm³/mol. The standard InChI is InChI=1S/C14H10BrCl2N3O/c1-21-12-3-2-8(15)4-11(12)20-13(6-16)19-10-5-9(17)7-18-14(10)20/h2-5,7H,6H2,1H3. The van der Waals surface area contributed by atoms with Crippen molar-refractivity contribution in [2.45, 2.75) is 5.88 Å². The Kier molecular flexibility index (Phi) is 4.06. The molecule has 0 fully saturated rings. The van der Waals surface area contributed by atoms with Gasteiger partial charge >= 0.3 is 0 Å². The fraction of sp³-hybridized carbons (Fsp3) is 0.143. The Labute approximate surface area is 139 Å². The predicted octanol–water partition coefficient (Wildman–Crippen LogP) is 4.58. The van der Waals surface area contributed by atoms with Crippen LogP contribution in [0.15, 0.2) is 34.9 Å². The van der Waals surface area contributed by atoms with E-state index in [0.29, 0.717) is 27.8 Å². The van der Waals surface area contributed by atoms with Crippen molar-refractivity contribution >= 4 is 50.3 Å². The lowest BCUT2D eigenvalue weighted by Crippen LogP contribution is -2.03. The highest BCUT2D eigenvalue weighted by Gasteiger charge is 2.16. The molecule has 0 N–H and O–H groups in total. The van der Waals surface area contributed by atoms with E-state index in [-0.39, 0.29) is 5.88 Å². The molecule has 21 heavy (non-hydrogen) atoms. The van der Waals surface area contributed by atoms with Crippen LogP contribution in [0.1, 0.15) is 5.82 Å². The number of hydrogen-bond acceptors (Lipinski definition) is 3. The Bertz CT molecular complexity index is 819. The fourth-order valence-electron chi connectivity index (χ4n) is 2.17. The molecule has 0 aliphatic carbocycles. The van der Waals surface area contributed by atoms with E-state index in [4.69, 9.17) is 27.9 Å². The second kappa shape index (κ2) is 5.83. The van der Waals surface area contributed by atoms with Gasteiger partial charge in [0, 0.05) is 10.7 Å². The van der Waals surface area contributed by atoms with E-state index in [1.165, 1.54) is 0 Å². The highest BCUT2D eigenvalue weighted by atomic mass is 79.9. The van der Waals surface area contributed by atoms with Crippen molar-refractivity contribution in [3.8, 4) is 11.4 Å². The van der Waals surface area contributed by atoms with Gasteiger partial charge in [-0.15, -0.1) is 11.6 Å². The second-order valence-electron chi connectivity index (χ2n) is 4.31. The Morgan fingerprint density at radius 3 is 2.86 bits per heavy atom. The van der Waals surface area contributed by atoms with Gasteiger partial charge in [0.05, 0.1) is 23.7 Å². The monoisotopic (exact) mass is 385 g/mol. The van der Waals surface area contributed by atoms with Crippen molar-refractivity contribution in [2.75, 3.05) is 7.11 Å². The minimum absolute atomic E-state index is 0.254. The minimum Gasteiger partial charge on any atom is -0.495 e. The van der Waals surface area contributed by atoms with Gasteiger partial charge in [-0.1, -0.05) is 27.5 Å². The molecule has 0 atom stereocenters. The molecule has 0 saturated carbocycles. The van der Waals surface area contributed by atoms with Gasteiger partial charge in [0.25, 0.3) is 0 Å². The molecule has 0 saturated heterocycles. The third-order valence-corrected chi connectivity index (χ3v) is 3.97. The summed E-state index contributed by atoms with van der Waals surface area (Å²) in [4.78, 5) is 8.86. The van der Waals surface area contributed by atoms with E-state index in [1.54, 1.807) is 19.4 Å². The van der Waals surface area contributed by atoms with Crippen LogP contribution in [0.5, 0.6) is 5.75 Å². The van der Waals surface area contributed by atoms with E-state index in [1.807, 2.05) is 22.8 Å². The lowest BCUT2D eigenvalue weighted by molar-refractivity contribution is 0.413. The number of rotatable bonds is 3. The number of imidazole rings is 1. The van der Waals surface area contributed by atoms with Crippen LogP contribution in [0.25, 0.3) is 16.9 Å². The van der Waals surface area contributed by atoms with Crippen molar-refractivity contribution in [3.63, 3.8) is 0 Å². The van der Waals surface area contributed by atoms with Crippen molar-refractivity contribution in [1.29, 1.82) is 0 Å². The molecule has 0 bridgehead atoms. The van der Waals surface area contributed by atoms with Gasteiger partial charge in [-0.05, 0) is 24.3 Å². The fourth-order valence-corrected chi connectivity index (χ4v) is 2.85. The number of aromatic nitrogens is 3. The molecule has 0 spiro atoms. The molecule has 7 heteroatoms. The average Bonchev–Trinajstić information content (AvgIpc) is 2.84. The zero-order valence-corrected chi connectivity index (χ0v) is 14.1. The van der Waals surface area contributed by atoms with E-state index >= 15 is 0 Å². The lowest BCUT2D eigenvalue weighted by atomic mass is 10.3. The number of alkyl halides is 1. The van der Waals surface area contributed by atoms with Crippen molar-refractivity contribution in [3.05, 3.63) is 45.8 Å². The molecular formula is C14H10BrCl2N3O. The van der Waals surface area contributed by atoms with E-state index < -0.39 is 0 Å². The summed E-state index contributed by atoms with van der Waals surface area (Å²) in [5.74, 6) is 1.64. The first kappa shape index (κ1) is 14.6. The summed E-state index contributed by atoms with van der Waals surface area (Å²) < 4.78 is 8.23. The largest absolute Gasteiger partial charge is 0.495 e. The van der Waals surface area contributed by atoms with Crippen LogP contribution in [0, 0.1) is 0 Å². The van der Waals surface area contributed by atoms with Crippen molar-refractivity contribution in [1.82, 2.24) is 14.5 Å². The second-order valence-corrected chi connectivity index (χ2v) is 5.93. The Morgan fingerprint density at radius 1 is 1.33 bits per heavy atom. The van der Waals surface area contributed by atoms with Crippen molar-refractivity contribution < 1.29 is 4.74 Å². The highest BCUT2D eigenvalue weighted by Crippen LogP contribution is 2.31. The first-order valence-electron chi connectivity index (χ1n) is 6.07. The summed E-state index contributed by atoms with van der Waals surface area (Å²) in [6.45, 7) is 0. The van der Waals surface area contributed by atoms with Crippen LogP contribution in [0.3, 0.4) is 0 Å². The van der Waals surface area contributed by atoms with Crippen molar-refractivity contribution in [2.24, 2.45) is 0 Å². The number of nitrogens with zero attached hydrogens (tertiary/aromatic N) is 3. The molecular weight excluding hydrogens is 377 g/mol. The summed E-state index contributed by atoms with van der Waals surface area (Å²) >= 11 is 15.5. The smallest absolute Gasteiger partial charge is 0.164 e. The van der Waals surface area contributed by atoms with E-state index in [2.05, 4.69) is 25.9 Å². The summed E-state index contributed by atoms with van der Waals surface area (Å²) in [5, 5.41) is 0.537. The highest BCUT2D eigenvalue weighted by molar-refractivity contribution is 9.10. The van der Waals surface area contributed by atoms with E-state index in [9.17, 15) is 0 Å². The van der Waals surface area contributed by atoms with Gasteiger partial charge in [-0.25, -0.2) is 9.97 Å². The maximum Gasteiger partial charge on any atom is 0.164 e. The van der Waals surface area contributed by atoms with Crippen LogP contribution >= 0.6 is 39.1 Å². The van der Waals surface area contributed by atoms with Crippen LogP contribution in [-0.2, 0) is 5.88 Å². The number of halogens is 3. The molecule has 4 nitrogen and oxygen atoms in total. The summed E-state index contributed by atoms with van der Waals surface area (Å²) in [6, 6.07) is 7.48. The van der Waals surface area contributed by atoms with Crippen LogP contribution in [0.2, 0.25) is 5.02 Å². The van der Waals surface area contributed by atoms with Gasteiger partial charge in [0.15, 0.2) is 5.65 Å². The van der Waals surface area contributed by atoms with Crippen LogP contribution in [-0.4, -0.2) is 21.6 Å². The third kappa shape index (κ3) is 2.61. The Morgan fingerprint density at radius 2 is 2.14 bits per heavy atom. The Balaban J connectivity index is 2.36. The molecule has 0 aliphatic rings. The average molecular weight is 387 g/mol. The zero-order chi connectivity index (χ0) is 15.0. The number of fused-ring (bicyclic) bond motifs is 1. The van der Waals surface area contributed by atoms with Gasteiger partial charge in [0.2, 0.25) is 0 Å². The minimum atomic E-state index is 0.254. The normalized spacial score (nSPS) is 11.0. The number of hydrogen-bond donors (Lipinski definition) is 0. The zero-order valence-electron chi connectivity index (χ0n) is 11.0. The first-order valence-corrected chi connectivity index (χ1v) is 7.77. The quantitative estimate of drug-likeness (QED) is 0.618. The summed E-state index contributed by atoms with van der Waals surface area (Å²) in [6.07, 6.45) is 1.59. The topological polar surface area (TPSA) is 39.9 Å². The molecule has 0 unspecified atom stereocenters. The molecule has 2 heterocycles. The number of pyridine rings is 1. The van der Waals surface area contributed by atoms with Gasteiger partial charge < -0.3 is 4.74 Å². The summed E-state index contributed by atoms with van der Waals surface area (Å²) in [7, 11) is 1.62. The maximum absolute atomic E-state index is 6.03. The molecule has 0 aliphatic heterocycles. The number of methoxy groups -OCH3 is 1. The van der Waals surface area contributed by atoms with Gasteiger partial charge in [0.1, 0.15) is 17.1 Å².